The van der Waals surface area contributed by atoms with Gasteiger partial charge in [-0.15, -0.1) is 0 Å². The standard InChI is InChI=1S/C22H23F4N3OS/c1-12-7-14(9-15(23)8-12)17-4-2-3-13(19(17)24)10-18-20(28-31-16-5-6-16)22(25,26)11-29(18)21(27)30/h2-4,7-9,16,18,20,28H,5-6,10-11H2,1H3,(H2,27,30)/t18-,20+/m0/s1. The number of alkyl halides is 2. The highest BCUT2D eigenvalue weighted by Gasteiger charge is 2.56. The first kappa shape index (κ1) is 22.0. The van der Waals surface area contributed by atoms with Crippen molar-refractivity contribution in [3.63, 3.8) is 0 Å². The van der Waals surface area contributed by atoms with E-state index in [1.54, 1.807) is 19.1 Å². The number of carbonyl (C=O) groups excluding carboxylic acids is 1. The maximum Gasteiger partial charge on any atom is 0.315 e. The molecule has 1 saturated carbocycles. The molecule has 2 atom stereocenters. The van der Waals surface area contributed by atoms with Crippen LogP contribution in [0.1, 0.15) is 24.0 Å². The van der Waals surface area contributed by atoms with Crippen molar-refractivity contribution in [2.45, 2.75) is 49.4 Å². The molecule has 1 aliphatic heterocycles. The second-order valence-corrected chi connectivity index (χ2v) is 9.35. The van der Waals surface area contributed by atoms with Crippen LogP contribution < -0.4 is 10.5 Å². The van der Waals surface area contributed by atoms with Crippen molar-refractivity contribution in [3.05, 3.63) is 59.2 Å². The van der Waals surface area contributed by atoms with Gasteiger partial charge in [0.15, 0.2) is 0 Å². The van der Waals surface area contributed by atoms with Crippen LogP contribution in [0.25, 0.3) is 11.1 Å². The number of urea groups is 1. The van der Waals surface area contributed by atoms with E-state index in [4.69, 9.17) is 5.73 Å². The fourth-order valence-electron chi connectivity index (χ4n) is 3.97. The van der Waals surface area contributed by atoms with Gasteiger partial charge in [0.2, 0.25) is 0 Å². The van der Waals surface area contributed by atoms with Crippen molar-refractivity contribution in [1.29, 1.82) is 0 Å². The molecule has 2 aliphatic rings. The summed E-state index contributed by atoms with van der Waals surface area (Å²) in [6.45, 7) is 0.883. The molecule has 0 radical (unpaired) electrons. The molecule has 4 rings (SSSR count). The third-order valence-corrected chi connectivity index (χ3v) is 6.85. The van der Waals surface area contributed by atoms with E-state index in [2.05, 4.69) is 4.72 Å². The Balaban J connectivity index is 1.66. The fourth-order valence-corrected chi connectivity index (χ4v) is 5.01. The lowest BCUT2D eigenvalue weighted by Gasteiger charge is -2.27. The van der Waals surface area contributed by atoms with Crippen molar-refractivity contribution >= 4 is 18.0 Å². The molecule has 0 bridgehead atoms. The normalized spacial score (nSPS) is 22.7. The van der Waals surface area contributed by atoms with E-state index < -0.39 is 42.2 Å². The lowest BCUT2D eigenvalue weighted by Crippen LogP contribution is -2.49. The number of halogens is 4. The van der Waals surface area contributed by atoms with Crippen LogP contribution in [0.2, 0.25) is 0 Å². The van der Waals surface area contributed by atoms with Gasteiger partial charge >= 0.3 is 6.03 Å². The molecule has 4 nitrogen and oxygen atoms in total. The van der Waals surface area contributed by atoms with Gasteiger partial charge in [0.1, 0.15) is 17.7 Å². The van der Waals surface area contributed by atoms with E-state index in [1.165, 1.54) is 36.2 Å². The van der Waals surface area contributed by atoms with Gasteiger partial charge in [-0.05, 0) is 55.0 Å². The third kappa shape index (κ3) is 4.67. The van der Waals surface area contributed by atoms with Crippen LogP contribution in [0.5, 0.6) is 0 Å². The molecule has 9 heteroatoms. The van der Waals surface area contributed by atoms with Gasteiger partial charge in [0.05, 0.1) is 12.6 Å². The smallest absolute Gasteiger partial charge is 0.315 e. The number of hydrogen-bond acceptors (Lipinski definition) is 3. The van der Waals surface area contributed by atoms with Crippen molar-refractivity contribution in [2.24, 2.45) is 5.73 Å². The molecular weight excluding hydrogens is 430 g/mol. The number of rotatable bonds is 6. The van der Waals surface area contributed by atoms with Crippen LogP contribution in [0, 0.1) is 18.6 Å². The molecule has 166 valence electrons. The maximum atomic E-state index is 15.4. The molecule has 1 saturated heterocycles. The number of likely N-dealkylation sites (tertiary alicyclic amines) is 1. The second-order valence-electron chi connectivity index (χ2n) is 8.21. The summed E-state index contributed by atoms with van der Waals surface area (Å²) in [4.78, 5) is 12.8. The van der Waals surface area contributed by atoms with Crippen molar-refractivity contribution in [2.75, 3.05) is 6.54 Å². The molecule has 31 heavy (non-hydrogen) atoms. The van der Waals surface area contributed by atoms with Gasteiger partial charge in [-0.25, -0.2) is 22.4 Å². The Bertz CT molecular complexity index is 978. The Hall–Kier alpha value is -2.26. The van der Waals surface area contributed by atoms with Crippen LogP contribution >= 0.6 is 11.9 Å². The third-order valence-electron chi connectivity index (χ3n) is 5.65. The summed E-state index contributed by atoms with van der Waals surface area (Å²) >= 11 is 1.23. The molecule has 1 aliphatic carbocycles. The van der Waals surface area contributed by atoms with Crippen molar-refractivity contribution < 1.29 is 22.4 Å². The van der Waals surface area contributed by atoms with Gasteiger partial charge in [0, 0.05) is 10.8 Å². The van der Waals surface area contributed by atoms with E-state index >= 15 is 4.39 Å². The molecule has 2 aromatic carbocycles. The minimum Gasteiger partial charge on any atom is -0.351 e. The highest BCUT2D eigenvalue weighted by molar-refractivity contribution is 7.98. The molecule has 1 heterocycles. The summed E-state index contributed by atoms with van der Waals surface area (Å²) in [5.41, 5.74) is 6.70. The number of nitrogens with two attached hydrogens (primary N) is 1. The van der Waals surface area contributed by atoms with E-state index in [0.29, 0.717) is 11.1 Å². The first-order valence-corrected chi connectivity index (χ1v) is 10.9. The zero-order valence-corrected chi connectivity index (χ0v) is 17.7. The SMILES string of the molecule is Cc1cc(F)cc(-c2cccc(C[C@H]3[C@@H](NSC4CC4)C(F)(F)CN3C(N)=O)c2F)c1. The lowest BCUT2D eigenvalue weighted by molar-refractivity contribution is -0.00364. The van der Waals surface area contributed by atoms with Gasteiger partial charge < -0.3 is 10.6 Å². The average molecular weight is 454 g/mol. The van der Waals surface area contributed by atoms with E-state index in [9.17, 15) is 18.0 Å². The van der Waals surface area contributed by atoms with E-state index in [-0.39, 0.29) is 22.8 Å². The number of nitrogens with one attached hydrogen (secondary N) is 1. The highest BCUT2D eigenvalue weighted by Crippen LogP contribution is 2.39. The number of amides is 2. The first-order chi connectivity index (χ1) is 14.7. The Morgan fingerprint density at radius 1 is 1.26 bits per heavy atom. The molecule has 3 N–H and O–H groups in total. The summed E-state index contributed by atoms with van der Waals surface area (Å²) in [7, 11) is 0. The van der Waals surface area contributed by atoms with Gasteiger partial charge in [-0.2, -0.15) is 0 Å². The van der Waals surface area contributed by atoms with Crippen LogP contribution in [0.3, 0.4) is 0 Å². The number of hydrogen-bond donors (Lipinski definition) is 2. The van der Waals surface area contributed by atoms with Crippen LogP contribution in [-0.2, 0) is 6.42 Å². The Kier molecular flexibility index (Phi) is 5.91. The van der Waals surface area contributed by atoms with Gasteiger partial charge in [0.25, 0.3) is 5.92 Å². The molecule has 0 unspecified atom stereocenters. The molecular formula is C22H23F4N3OS. The van der Waals surface area contributed by atoms with Crippen molar-refractivity contribution in [3.8, 4) is 11.1 Å². The molecule has 2 aromatic rings. The minimum absolute atomic E-state index is 0.143. The number of primary amides is 1. The summed E-state index contributed by atoms with van der Waals surface area (Å²) in [5, 5.41) is 0.273. The lowest BCUT2D eigenvalue weighted by atomic mass is 9.95. The monoisotopic (exact) mass is 453 g/mol. The van der Waals surface area contributed by atoms with Crippen LogP contribution in [-0.4, -0.2) is 40.7 Å². The fraction of sp³-hybridized carbons (Fsp3) is 0.409. The summed E-state index contributed by atoms with van der Waals surface area (Å²) in [5.74, 6) is -4.31. The second kappa shape index (κ2) is 8.35. The molecule has 2 fully saturated rings. The number of benzene rings is 2. The predicted molar refractivity (Wildman–Crippen MR) is 113 cm³/mol. The van der Waals surface area contributed by atoms with Crippen molar-refractivity contribution in [1.82, 2.24) is 9.62 Å². The zero-order valence-electron chi connectivity index (χ0n) is 16.9. The van der Waals surface area contributed by atoms with Gasteiger partial charge in [-0.3, -0.25) is 4.72 Å². The summed E-state index contributed by atoms with van der Waals surface area (Å²) in [6.07, 6.45) is 1.75. The van der Waals surface area contributed by atoms with E-state index in [1.807, 2.05) is 0 Å². The minimum atomic E-state index is -3.20. The average Bonchev–Trinajstić information content (AvgIpc) is 3.46. The largest absolute Gasteiger partial charge is 0.351 e. The van der Waals surface area contributed by atoms with Gasteiger partial charge in [-0.1, -0.05) is 36.2 Å². The Morgan fingerprint density at radius 3 is 2.65 bits per heavy atom. The Morgan fingerprint density at radius 2 is 2.00 bits per heavy atom. The molecule has 2 amide bonds. The predicted octanol–water partition coefficient (Wildman–Crippen LogP) is 4.65. The number of nitrogens with zero attached hydrogens (tertiary/aromatic N) is 1. The Labute approximate surface area is 182 Å². The van der Waals surface area contributed by atoms with E-state index in [0.717, 1.165) is 17.7 Å². The molecule has 0 aromatic heterocycles. The number of carbonyl (C=O) groups is 1. The van der Waals surface area contributed by atoms with Crippen LogP contribution in [0.4, 0.5) is 22.4 Å². The quantitative estimate of drug-likeness (QED) is 0.495. The summed E-state index contributed by atoms with van der Waals surface area (Å²) < 4.78 is 61.5. The molecule has 0 spiro atoms. The first-order valence-electron chi connectivity index (χ1n) is 10.1. The maximum absolute atomic E-state index is 15.4. The van der Waals surface area contributed by atoms with Crippen LogP contribution in [0.15, 0.2) is 36.4 Å². The topological polar surface area (TPSA) is 58.4 Å². The number of aryl methyl sites for hydroxylation is 1. The summed E-state index contributed by atoms with van der Waals surface area (Å²) in [6, 6.07) is 5.48. The highest BCUT2D eigenvalue weighted by atomic mass is 32.2. The zero-order chi connectivity index (χ0) is 22.3.